The molecule has 0 bridgehead atoms. The summed E-state index contributed by atoms with van der Waals surface area (Å²) >= 11 is 0. The quantitative estimate of drug-likeness (QED) is 0.788. The second kappa shape index (κ2) is 5.58. The van der Waals surface area contributed by atoms with Gasteiger partial charge in [0.1, 0.15) is 0 Å². The molecule has 0 amide bonds. The predicted molar refractivity (Wildman–Crippen MR) is 79.8 cm³/mol. The van der Waals surface area contributed by atoms with E-state index in [2.05, 4.69) is 13.8 Å². The summed E-state index contributed by atoms with van der Waals surface area (Å²) in [4.78, 5) is 0. The molecule has 1 saturated carbocycles. The molecule has 3 rings (SSSR count). The Balaban J connectivity index is 1.89. The van der Waals surface area contributed by atoms with Crippen molar-refractivity contribution >= 4 is 0 Å². The van der Waals surface area contributed by atoms with Gasteiger partial charge in [-0.25, -0.2) is 0 Å². The number of nitrogens with zero attached hydrogens (tertiary/aromatic N) is 1. The van der Waals surface area contributed by atoms with Gasteiger partial charge in [-0.1, -0.05) is 33.1 Å². The summed E-state index contributed by atoms with van der Waals surface area (Å²) in [7, 11) is 0. The summed E-state index contributed by atoms with van der Waals surface area (Å²) in [5.74, 6) is 1.48. The number of piperidine rings is 1. The van der Waals surface area contributed by atoms with E-state index in [4.69, 9.17) is 4.74 Å². The van der Waals surface area contributed by atoms with E-state index in [0.717, 1.165) is 44.3 Å². The van der Waals surface area contributed by atoms with Crippen LogP contribution in [0.15, 0.2) is 0 Å². The van der Waals surface area contributed by atoms with Crippen LogP contribution < -0.4 is 0 Å². The van der Waals surface area contributed by atoms with E-state index in [-0.39, 0.29) is 11.1 Å². The van der Waals surface area contributed by atoms with Crippen LogP contribution in [0.5, 0.6) is 0 Å². The summed E-state index contributed by atoms with van der Waals surface area (Å²) in [5, 5.41) is 13.0. The topological polar surface area (TPSA) is 32.7 Å². The molecule has 0 radical (unpaired) electrons. The summed E-state index contributed by atoms with van der Waals surface area (Å²) in [6.07, 6.45) is 10.7. The fourth-order valence-electron chi connectivity index (χ4n) is 4.99. The summed E-state index contributed by atoms with van der Waals surface area (Å²) in [6, 6.07) is 0. The molecule has 1 aliphatic carbocycles. The average molecular weight is 281 g/mol. The Kier molecular flexibility index (Phi) is 4.13. The number of hydrogen-bond acceptors (Lipinski definition) is 3. The van der Waals surface area contributed by atoms with Crippen LogP contribution in [0.25, 0.3) is 0 Å². The summed E-state index contributed by atoms with van der Waals surface area (Å²) in [5.41, 5.74) is 0.0750. The maximum atomic E-state index is 11.1. The van der Waals surface area contributed by atoms with E-state index in [1.54, 1.807) is 0 Å². The number of hydroxylamine groups is 2. The molecule has 2 spiro atoms. The molecule has 1 unspecified atom stereocenters. The predicted octanol–water partition coefficient (Wildman–Crippen LogP) is 4.00. The van der Waals surface area contributed by atoms with E-state index in [9.17, 15) is 5.21 Å². The molecular weight excluding hydrogens is 250 g/mol. The van der Waals surface area contributed by atoms with Crippen molar-refractivity contribution in [1.82, 2.24) is 5.06 Å². The minimum atomic E-state index is 0.00275. The highest BCUT2D eigenvalue weighted by Gasteiger charge is 2.54. The molecule has 20 heavy (non-hydrogen) atoms. The normalized spacial score (nSPS) is 33.9. The van der Waals surface area contributed by atoms with Gasteiger partial charge in [-0.3, -0.25) is 0 Å². The first-order valence-electron chi connectivity index (χ1n) is 8.65. The first-order chi connectivity index (χ1) is 9.58. The number of hydrogen-bond donors (Lipinski definition) is 1. The Bertz CT molecular complexity index is 302. The third-order valence-corrected chi connectivity index (χ3v) is 6.33. The lowest BCUT2D eigenvalue weighted by atomic mass is 9.63. The van der Waals surface area contributed by atoms with Gasteiger partial charge in [-0.15, -0.1) is 0 Å². The second-order valence-electron chi connectivity index (χ2n) is 7.85. The highest BCUT2D eigenvalue weighted by molar-refractivity contribution is 5.06. The molecule has 1 atom stereocenters. The highest BCUT2D eigenvalue weighted by Crippen LogP contribution is 2.52. The molecule has 2 aliphatic heterocycles. The molecule has 3 fully saturated rings. The van der Waals surface area contributed by atoms with E-state index in [0.29, 0.717) is 0 Å². The van der Waals surface area contributed by atoms with Crippen LogP contribution in [-0.2, 0) is 4.74 Å². The number of rotatable bonds is 1. The van der Waals surface area contributed by atoms with Gasteiger partial charge < -0.3 is 9.94 Å². The van der Waals surface area contributed by atoms with Gasteiger partial charge in [0, 0.05) is 18.8 Å². The maximum absolute atomic E-state index is 11.1. The summed E-state index contributed by atoms with van der Waals surface area (Å²) < 4.78 is 5.58. The molecule has 0 aromatic rings. The van der Waals surface area contributed by atoms with Crippen LogP contribution in [0.3, 0.4) is 0 Å². The standard InChI is InChI=1S/C17H31NO2/c1-14(2)15-12-16(6-4-3-5-7-16)18(19)17(13-15)8-10-20-11-9-17/h14-15,19H,3-13H2,1-2H3. The van der Waals surface area contributed by atoms with Crippen LogP contribution in [0.4, 0.5) is 0 Å². The Labute approximate surface area is 123 Å². The minimum absolute atomic E-state index is 0.00275. The van der Waals surface area contributed by atoms with Crippen LogP contribution in [0.1, 0.15) is 71.6 Å². The molecule has 3 nitrogen and oxygen atoms in total. The third-order valence-electron chi connectivity index (χ3n) is 6.33. The van der Waals surface area contributed by atoms with Crippen LogP contribution in [-0.4, -0.2) is 34.6 Å². The Morgan fingerprint density at radius 2 is 1.50 bits per heavy atom. The van der Waals surface area contributed by atoms with Crippen molar-refractivity contribution in [3.8, 4) is 0 Å². The van der Waals surface area contributed by atoms with Crippen LogP contribution in [0.2, 0.25) is 0 Å². The molecule has 3 aliphatic rings. The van der Waals surface area contributed by atoms with Gasteiger partial charge in [0.25, 0.3) is 0 Å². The zero-order chi connectivity index (χ0) is 14.2. The molecule has 0 aromatic carbocycles. The SMILES string of the molecule is CC(C)C1CC2(CCCCC2)N(O)C2(CCOCC2)C1. The highest BCUT2D eigenvalue weighted by atomic mass is 16.5. The van der Waals surface area contributed by atoms with E-state index in [1.165, 1.54) is 38.5 Å². The third kappa shape index (κ3) is 2.42. The summed E-state index contributed by atoms with van der Waals surface area (Å²) in [6.45, 7) is 6.36. The monoisotopic (exact) mass is 281 g/mol. The number of ether oxygens (including phenoxy) is 1. The zero-order valence-corrected chi connectivity index (χ0v) is 13.2. The Hall–Kier alpha value is -0.120. The van der Waals surface area contributed by atoms with Crippen molar-refractivity contribution in [2.45, 2.75) is 82.7 Å². The first kappa shape index (κ1) is 14.8. The fraction of sp³-hybridized carbons (Fsp3) is 1.00. The fourth-order valence-corrected chi connectivity index (χ4v) is 4.99. The zero-order valence-electron chi connectivity index (χ0n) is 13.2. The van der Waals surface area contributed by atoms with Gasteiger partial charge in [0.2, 0.25) is 0 Å². The maximum Gasteiger partial charge on any atom is 0.0513 e. The van der Waals surface area contributed by atoms with Crippen molar-refractivity contribution in [3.63, 3.8) is 0 Å². The van der Waals surface area contributed by atoms with Gasteiger partial charge >= 0.3 is 0 Å². The van der Waals surface area contributed by atoms with Crippen LogP contribution in [0, 0.1) is 11.8 Å². The van der Waals surface area contributed by atoms with Crippen molar-refractivity contribution in [2.24, 2.45) is 11.8 Å². The van der Waals surface area contributed by atoms with Crippen LogP contribution >= 0.6 is 0 Å². The lowest BCUT2D eigenvalue weighted by molar-refractivity contribution is -0.295. The molecule has 3 heteroatoms. The minimum Gasteiger partial charge on any atom is -0.381 e. The van der Waals surface area contributed by atoms with Crippen molar-refractivity contribution in [3.05, 3.63) is 0 Å². The molecule has 1 N–H and O–H groups in total. The molecule has 0 aromatic heterocycles. The molecule has 2 saturated heterocycles. The van der Waals surface area contributed by atoms with Crippen molar-refractivity contribution in [2.75, 3.05) is 13.2 Å². The second-order valence-corrected chi connectivity index (χ2v) is 7.85. The Morgan fingerprint density at radius 1 is 0.950 bits per heavy atom. The lowest BCUT2D eigenvalue weighted by Gasteiger charge is -2.60. The average Bonchev–Trinajstić information content (AvgIpc) is 2.46. The Morgan fingerprint density at radius 3 is 2.05 bits per heavy atom. The first-order valence-corrected chi connectivity index (χ1v) is 8.65. The van der Waals surface area contributed by atoms with E-state index < -0.39 is 0 Å². The lowest BCUT2D eigenvalue weighted by Crippen LogP contribution is -2.66. The molecular formula is C17H31NO2. The largest absolute Gasteiger partial charge is 0.381 e. The van der Waals surface area contributed by atoms with Crippen molar-refractivity contribution in [1.29, 1.82) is 0 Å². The van der Waals surface area contributed by atoms with E-state index >= 15 is 0 Å². The molecule has 2 heterocycles. The van der Waals surface area contributed by atoms with Gasteiger partial charge in [0.05, 0.1) is 5.54 Å². The van der Waals surface area contributed by atoms with Gasteiger partial charge in [-0.05, 0) is 50.4 Å². The molecule has 116 valence electrons. The van der Waals surface area contributed by atoms with E-state index in [1.807, 2.05) is 5.06 Å². The van der Waals surface area contributed by atoms with Gasteiger partial charge in [0.15, 0.2) is 0 Å². The van der Waals surface area contributed by atoms with Crippen molar-refractivity contribution < 1.29 is 9.94 Å². The smallest absolute Gasteiger partial charge is 0.0513 e. The van der Waals surface area contributed by atoms with Gasteiger partial charge in [-0.2, -0.15) is 5.06 Å².